The maximum atomic E-state index is 11.5. The Morgan fingerprint density at radius 1 is 1.19 bits per heavy atom. The summed E-state index contributed by atoms with van der Waals surface area (Å²) in [5.74, 6) is 1.52. The van der Waals surface area contributed by atoms with Gasteiger partial charge in [-0.1, -0.05) is 18.9 Å². The van der Waals surface area contributed by atoms with E-state index in [0.717, 1.165) is 24.3 Å². The van der Waals surface area contributed by atoms with Gasteiger partial charge in [0.2, 0.25) is 5.91 Å². The van der Waals surface area contributed by atoms with Crippen LogP contribution in [0.4, 0.5) is 0 Å². The molecule has 1 N–H and O–H groups in total. The third-order valence-corrected chi connectivity index (χ3v) is 4.70. The molecular formula is C16H20ClNO3. The molecule has 1 fully saturated rings. The highest BCUT2D eigenvalue weighted by atomic mass is 35.5. The fourth-order valence-corrected chi connectivity index (χ4v) is 3.40. The van der Waals surface area contributed by atoms with Gasteiger partial charge in [0.1, 0.15) is 19.1 Å². The van der Waals surface area contributed by atoms with E-state index < -0.39 is 0 Å². The van der Waals surface area contributed by atoms with Gasteiger partial charge < -0.3 is 14.8 Å². The average Bonchev–Trinajstić information content (AvgIpc) is 3.02. The SMILES string of the molecule is O=C(CCl)NCC1(c2ccc3c(c2)OCCO3)CCCC1. The molecule has 0 unspecified atom stereocenters. The maximum absolute atomic E-state index is 11.5. The van der Waals surface area contributed by atoms with Gasteiger partial charge in [0, 0.05) is 12.0 Å². The number of carbonyl (C=O) groups excluding carboxylic acids is 1. The fourth-order valence-electron chi connectivity index (χ4n) is 3.31. The second-order valence-corrected chi connectivity index (χ2v) is 6.02. The Kier molecular flexibility index (Phi) is 4.24. The van der Waals surface area contributed by atoms with Crippen LogP contribution in [0.5, 0.6) is 11.5 Å². The van der Waals surface area contributed by atoms with E-state index in [1.807, 2.05) is 6.07 Å². The molecule has 0 bridgehead atoms. The number of alkyl halides is 1. The lowest BCUT2D eigenvalue weighted by Gasteiger charge is -2.31. The van der Waals surface area contributed by atoms with E-state index in [4.69, 9.17) is 21.1 Å². The Morgan fingerprint density at radius 2 is 1.90 bits per heavy atom. The van der Waals surface area contributed by atoms with E-state index in [-0.39, 0.29) is 17.2 Å². The number of ether oxygens (including phenoxy) is 2. The van der Waals surface area contributed by atoms with Crippen molar-refractivity contribution in [2.45, 2.75) is 31.1 Å². The molecule has 3 rings (SSSR count). The van der Waals surface area contributed by atoms with Crippen molar-refractivity contribution in [3.63, 3.8) is 0 Å². The van der Waals surface area contributed by atoms with Crippen LogP contribution < -0.4 is 14.8 Å². The highest BCUT2D eigenvalue weighted by Gasteiger charge is 2.36. The van der Waals surface area contributed by atoms with E-state index in [1.165, 1.54) is 18.4 Å². The molecule has 1 aliphatic carbocycles. The van der Waals surface area contributed by atoms with Gasteiger partial charge in [-0.2, -0.15) is 0 Å². The molecular weight excluding hydrogens is 290 g/mol. The van der Waals surface area contributed by atoms with Crippen molar-refractivity contribution in [1.29, 1.82) is 0 Å². The van der Waals surface area contributed by atoms with Crippen molar-refractivity contribution in [3.8, 4) is 11.5 Å². The zero-order valence-electron chi connectivity index (χ0n) is 12.0. The van der Waals surface area contributed by atoms with Crippen LogP contribution in [0.2, 0.25) is 0 Å². The standard InChI is InChI=1S/C16H20ClNO3/c17-10-15(19)18-11-16(5-1-2-6-16)12-3-4-13-14(9-12)21-8-7-20-13/h3-4,9H,1-2,5-8,10-11H2,(H,18,19). The number of hydrogen-bond acceptors (Lipinski definition) is 3. The molecule has 1 aromatic rings. The lowest BCUT2D eigenvalue weighted by atomic mass is 9.78. The summed E-state index contributed by atoms with van der Waals surface area (Å²) in [6.07, 6.45) is 4.53. The second-order valence-electron chi connectivity index (χ2n) is 5.76. The van der Waals surface area contributed by atoms with Gasteiger partial charge in [0.15, 0.2) is 11.5 Å². The molecule has 1 saturated carbocycles. The quantitative estimate of drug-likeness (QED) is 0.870. The Bertz CT molecular complexity index is 526. The van der Waals surface area contributed by atoms with Gasteiger partial charge in [-0.25, -0.2) is 0 Å². The number of benzene rings is 1. The van der Waals surface area contributed by atoms with Crippen LogP contribution in [0, 0.1) is 0 Å². The molecule has 1 aliphatic heterocycles. The van der Waals surface area contributed by atoms with Crippen LogP contribution >= 0.6 is 11.6 Å². The minimum Gasteiger partial charge on any atom is -0.486 e. The average molecular weight is 310 g/mol. The second kappa shape index (κ2) is 6.14. The summed E-state index contributed by atoms with van der Waals surface area (Å²) in [5, 5.41) is 2.95. The highest BCUT2D eigenvalue weighted by molar-refractivity contribution is 6.27. The van der Waals surface area contributed by atoms with Crippen LogP contribution in [0.15, 0.2) is 18.2 Å². The molecule has 0 aromatic heterocycles. The number of fused-ring (bicyclic) bond motifs is 1. The normalized spacial score (nSPS) is 19.3. The van der Waals surface area contributed by atoms with Crippen molar-refractivity contribution < 1.29 is 14.3 Å². The number of halogens is 1. The maximum Gasteiger partial charge on any atom is 0.234 e. The fraction of sp³-hybridized carbons (Fsp3) is 0.562. The van der Waals surface area contributed by atoms with Crippen LogP contribution in [0.25, 0.3) is 0 Å². The molecule has 1 amide bonds. The Balaban J connectivity index is 1.84. The summed E-state index contributed by atoms with van der Waals surface area (Å²) in [5.41, 5.74) is 1.22. The number of amides is 1. The lowest BCUT2D eigenvalue weighted by molar-refractivity contribution is -0.118. The molecule has 0 radical (unpaired) electrons. The zero-order chi connectivity index (χ0) is 14.7. The Morgan fingerprint density at radius 3 is 2.62 bits per heavy atom. The van der Waals surface area contributed by atoms with Crippen LogP contribution in [-0.4, -0.2) is 31.5 Å². The van der Waals surface area contributed by atoms with E-state index in [9.17, 15) is 4.79 Å². The number of carbonyl (C=O) groups is 1. The van der Waals surface area contributed by atoms with Crippen LogP contribution in [0.3, 0.4) is 0 Å². The predicted molar refractivity (Wildman–Crippen MR) is 81.3 cm³/mol. The Hall–Kier alpha value is -1.42. The third kappa shape index (κ3) is 2.95. The monoisotopic (exact) mass is 309 g/mol. The van der Waals surface area contributed by atoms with Crippen molar-refractivity contribution in [2.24, 2.45) is 0 Å². The topological polar surface area (TPSA) is 47.6 Å². The first-order valence-electron chi connectivity index (χ1n) is 7.46. The van der Waals surface area contributed by atoms with Gasteiger partial charge in [-0.3, -0.25) is 4.79 Å². The lowest BCUT2D eigenvalue weighted by Crippen LogP contribution is -2.39. The molecule has 1 aromatic carbocycles. The molecule has 4 nitrogen and oxygen atoms in total. The number of hydrogen-bond donors (Lipinski definition) is 1. The van der Waals surface area contributed by atoms with Gasteiger partial charge in [0.25, 0.3) is 0 Å². The van der Waals surface area contributed by atoms with Crippen LogP contribution in [-0.2, 0) is 10.2 Å². The zero-order valence-corrected chi connectivity index (χ0v) is 12.7. The smallest absolute Gasteiger partial charge is 0.234 e. The highest BCUT2D eigenvalue weighted by Crippen LogP contribution is 2.43. The third-order valence-electron chi connectivity index (χ3n) is 4.46. The minimum absolute atomic E-state index is 0.00242. The van der Waals surface area contributed by atoms with E-state index in [1.54, 1.807) is 0 Å². The van der Waals surface area contributed by atoms with E-state index in [2.05, 4.69) is 17.4 Å². The van der Waals surface area contributed by atoms with Gasteiger partial charge >= 0.3 is 0 Å². The largest absolute Gasteiger partial charge is 0.486 e. The molecule has 0 spiro atoms. The first kappa shape index (κ1) is 14.5. The van der Waals surface area contributed by atoms with Gasteiger partial charge in [-0.05, 0) is 30.5 Å². The Labute approximate surface area is 129 Å². The number of rotatable bonds is 4. The van der Waals surface area contributed by atoms with Gasteiger partial charge in [-0.15, -0.1) is 11.6 Å². The van der Waals surface area contributed by atoms with E-state index >= 15 is 0 Å². The molecule has 114 valence electrons. The molecule has 2 aliphatic rings. The number of nitrogens with one attached hydrogen (secondary N) is 1. The predicted octanol–water partition coefficient (Wildman–Crippen LogP) is 2.62. The summed E-state index contributed by atoms with van der Waals surface area (Å²) < 4.78 is 11.3. The molecule has 0 saturated heterocycles. The minimum atomic E-state index is -0.111. The molecule has 21 heavy (non-hydrogen) atoms. The molecule has 1 heterocycles. The summed E-state index contributed by atoms with van der Waals surface area (Å²) in [4.78, 5) is 11.5. The van der Waals surface area contributed by atoms with Gasteiger partial charge in [0.05, 0.1) is 0 Å². The van der Waals surface area contributed by atoms with Crippen molar-refractivity contribution in [1.82, 2.24) is 5.32 Å². The summed E-state index contributed by atoms with van der Waals surface area (Å²) in [6.45, 7) is 1.83. The summed E-state index contributed by atoms with van der Waals surface area (Å²) in [6, 6.07) is 6.16. The van der Waals surface area contributed by atoms with Crippen molar-refractivity contribution in [2.75, 3.05) is 25.6 Å². The molecule has 0 atom stereocenters. The first-order chi connectivity index (χ1) is 10.2. The molecule has 5 heteroatoms. The van der Waals surface area contributed by atoms with E-state index in [0.29, 0.717) is 19.8 Å². The summed E-state index contributed by atoms with van der Waals surface area (Å²) in [7, 11) is 0. The van der Waals surface area contributed by atoms with Crippen molar-refractivity contribution >= 4 is 17.5 Å². The van der Waals surface area contributed by atoms with Crippen LogP contribution in [0.1, 0.15) is 31.2 Å². The summed E-state index contributed by atoms with van der Waals surface area (Å²) >= 11 is 5.58. The van der Waals surface area contributed by atoms with Crippen molar-refractivity contribution in [3.05, 3.63) is 23.8 Å². The first-order valence-corrected chi connectivity index (χ1v) is 8.00.